The van der Waals surface area contributed by atoms with Gasteiger partial charge in [0, 0.05) is 5.66 Å². The molecule has 0 aliphatic carbocycles. The molecule has 0 spiro atoms. The summed E-state index contributed by atoms with van der Waals surface area (Å²) in [5, 5.41) is 0.106. The highest BCUT2D eigenvalue weighted by Crippen LogP contribution is 2.72. The van der Waals surface area contributed by atoms with Gasteiger partial charge in [-0.2, -0.15) is 0 Å². The van der Waals surface area contributed by atoms with E-state index in [4.69, 9.17) is 16.3 Å². The lowest BCUT2D eigenvalue weighted by molar-refractivity contribution is 0.272. The number of fused-ring (bicyclic) bond motifs is 1. The van der Waals surface area contributed by atoms with Crippen molar-refractivity contribution in [3.63, 3.8) is 0 Å². The molecule has 88 valence electrons. The molecule has 0 unspecified atom stereocenters. The van der Waals surface area contributed by atoms with Crippen molar-refractivity contribution in [2.75, 3.05) is 11.5 Å². The van der Waals surface area contributed by atoms with Gasteiger partial charge in [0.15, 0.2) is 9.84 Å². The first kappa shape index (κ1) is 12.4. The summed E-state index contributed by atoms with van der Waals surface area (Å²) in [4.78, 5) is 0. The summed E-state index contributed by atoms with van der Waals surface area (Å²) in [7, 11) is -2.86. The van der Waals surface area contributed by atoms with E-state index >= 15 is 0 Å². The van der Waals surface area contributed by atoms with E-state index < -0.39 is 15.3 Å². The predicted molar refractivity (Wildman–Crippen MR) is 68.9 cm³/mol. The third-order valence-corrected chi connectivity index (χ3v) is 13.0. The van der Waals surface area contributed by atoms with Gasteiger partial charge in [-0.05, 0) is 6.42 Å². The van der Waals surface area contributed by atoms with Crippen LogP contribution >= 0.6 is 16.8 Å². The lowest BCUT2D eigenvalue weighted by Gasteiger charge is -2.22. The van der Waals surface area contributed by atoms with Crippen LogP contribution < -0.4 is 0 Å². The highest BCUT2D eigenvalue weighted by molar-refractivity contribution is 8.70. The van der Waals surface area contributed by atoms with Gasteiger partial charge in [-0.15, -0.1) is 0 Å². The van der Waals surface area contributed by atoms with Crippen molar-refractivity contribution in [3.8, 4) is 0 Å². The van der Waals surface area contributed by atoms with Crippen LogP contribution in [0, 0.1) is 0 Å². The molecule has 2 rings (SSSR count). The van der Waals surface area contributed by atoms with E-state index in [9.17, 15) is 8.42 Å². The van der Waals surface area contributed by atoms with Gasteiger partial charge in [0.2, 0.25) is 0 Å². The molecule has 0 bridgehead atoms. The summed E-state index contributed by atoms with van der Waals surface area (Å²) in [6.45, 7) is 4.22. The lowest BCUT2D eigenvalue weighted by atomic mass is 10.3. The predicted octanol–water partition coefficient (Wildman–Crippen LogP) is 2.02. The molecule has 2 saturated heterocycles. The van der Waals surface area contributed by atoms with Crippen molar-refractivity contribution in [2.24, 2.45) is 0 Å². The van der Waals surface area contributed by atoms with E-state index in [2.05, 4.69) is 13.8 Å². The Bertz CT molecular complexity index is 381. The average molecular weight is 286 g/mol. The summed E-state index contributed by atoms with van der Waals surface area (Å²) < 4.78 is 28.6. The van der Waals surface area contributed by atoms with Crippen LogP contribution in [0.5, 0.6) is 0 Å². The number of rotatable bonds is 2. The van der Waals surface area contributed by atoms with Crippen LogP contribution in [0.2, 0.25) is 0 Å². The molecule has 3 nitrogen and oxygen atoms in total. The Morgan fingerprint density at radius 2 is 2.27 bits per heavy atom. The Kier molecular flexibility index (Phi) is 3.29. The van der Waals surface area contributed by atoms with Crippen molar-refractivity contribution in [2.45, 2.75) is 37.3 Å². The Morgan fingerprint density at radius 3 is 2.80 bits per heavy atom. The maximum absolute atomic E-state index is 11.4. The molecule has 7 heteroatoms. The summed E-state index contributed by atoms with van der Waals surface area (Å²) in [6, 6.07) is 0. The molecule has 0 aromatic rings. The standard InChI is InChI=1S/C8H15O3PS3/c1-3-6(2)12(13)11-7-4-15(9,10)5-8(7)14-12/h6-8H,3-5H2,1-2H3/t6-,7-,8+,12-/m1/s1. The van der Waals surface area contributed by atoms with E-state index in [0.717, 1.165) is 6.42 Å². The third kappa shape index (κ3) is 2.29. The Morgan fingerprint density at radius 1 is 1.60 bits per heavy atom. The first-order valence-corrected chi connectivity index (χ1v) is 11.1. The van der Waals surface area contributed by atoms with Crippen molar-refractivity contribution >= 4 is 38.5 Å². The van der Waals surface area contributed by atoms with E-state index in [1.165, 1.54) is 0 Å². The van der Waals surface area contributed by atoms with E-state index in [-0.39, 0.29) is 22.9 Å². The van der Waals surface area contributed by atoms with Crippen molar-refractivity contribution in [1.82, 2.24) is 0 Å². The van der Waals surface area contributed by atoms with E-state index in [1.54, 1.807) is 11.4 Å². The van der Waals surface area contributed by atoms with Gasteiger partial charge in [0.05, 0.1) is 22.9 Å². The minimum Gasteiger partial charge on any atom is -0.336 e. The van der Waals surface area contributed by atoms with Gasteiger partial charge in [0.25, 0.3) is 0 Å². The molecule has 15 heavy (non-hydrogen) atoms. The van der Waals surface area contributed by atoms with Crippen molar-refractivity contribution < 1.29 is 12.9 Å². The van der Waals surface area contributed by atoms with Crippen LogP contribution in [0.4, 0.5) is 0 Å². The lowest BCUT2D eigenvalue weighted by Crippen LogP contribution is -2.16. The fourth-order valence-corrected chi connectivity index (χ4v) is 12.2. The zero-order chi connectivity index (χ0) is 11.3. The van der Waals surface area contributed by atoms with Gasteiger partial charge >= 0.3 is 0 Å². The summed E-state index contributed by atoms with van der Waals surface area (Å²) in [5.74, 6) is 0.441. The maximum Gasteiger partial charge on any atom is 0.154 e. The average Bonchev–Trinajstić information content (AvgIpc) is 2.53. The minimum atomic E-state index is -2.86. The van der Waals surface area contributed by atoms with Crippen LogP contribution in [0.3, 0.4) is 0 Å². The largest absolute Gasteiger partial charge is 0.336 e. The minimum absolute atomic E-state index is 0.106. The first-order chi connectivity index (χ1) is 6.86. The van der Waals surface area contributed by atoms with Gasteiger partial charge in [-0.25, -0.2) is 8.42 Å². The van der Waals surface area contributed by atoms with E-state index in [0.29, 0.717) is 5.66 Å². The maximum atomic E-state index is 11.4. The number of sulfone groups is 1. The fourth-order valence-electron chi connectivity index (χ4n) is 1.81. The van der Waals surface area contributed by atoms with Gasteiger partial charge in [0.1, 0.15) is 5.47 Å². The SMILES string of the molecule is CC[C@@H](C)[P@]1(=S)O[C@@H]2CS(=O)(=O)C[C@@H]2S1. The van der Waals surface area contributed by atoms with Crippen LogP contribution in [-0.2, 0) is 26.2 Å². The second-order valence-corrected chi connectivity index (χ2v) is 13.9. The normalized spacial score (nSPS) is 45.2. The zero-order valence-electron chi connectivity index (χ0n) is 8.75. The second kappa shape index (κ2) is 3.98. The first-order valence-electron chi connectivity index (χ1n) is 5.03. The van der Waals surface area contributed by atoms with Crippen molar-refractivity contribution in [1.29, 1.82) is 0 Å². The topological polar surface area (TPSA) is 43.4 Å². The highest BCUT2D eigenvalue weighted by Gasteiger charge is 2.50. The molecule has 0 aromatic carbocycles. The molecule has 0 aromatic heterocycles. The van der Waals surface area contributed by atoms with Crippen LogP contribution in [0.15, 0.2) is 0 Å². The summed E-state index contributed by atoms with van der Waals surface area (Å²) in [6.07, 6.45) is 0.885. The molecule has 2 aliphatic heterocycles. The summed E-state index contributed by atoms with van der Waals surface area (Å²) >= 11 is 7.22. The van der Waals surface area contributed by atoms with Crippen LogP contribution in [0.1, 0.15) is 20.3 Å². The Hall–Kier alpha value is 0.910. The van der Waals surface area contributed by atoms with Crippen molar-refractivity contribution in [3.05, 3.63) is 0 Å². The number of hydrogen-bond donors (Lipinski definition) is 0. The smallest absolute Gasteiger partial charge is 0.154 e. The molecule has 0 N–H and O–H groups in total. The van der Waals surface area contributed by atoms with Gasteiger partial charge in [-0.3, -0.25) is 0 Å². The third-order valence-electron chi connectivity index (χ3n) is 2.95. The molecular weight excluding hydrogens is 271 g/mol. The molecule has 0 saturated carbocycles. The zero-order valence-corrected chi connectivity index (χ0v) is 12.1. The van der Waals surface area contributed by atoms with E-state index in [1.807, 2.05) is 0 Å². The molecule has 4 atom stereocenters. The molecule has 0 amide bonds. The monoisotopic (exact) mass is 286 g/mol. The molecule has 2 heterocycles. The molecular formula is C8H15O3PS3. The summed E-state index contributed by atoms with van der Waals surface area (Å²) in [5.41, 5.74) is -1.42. The molecule has 0 radical (unpaired) electrons. The quantitative estimate of drug-likeness (QED) is 0.727. The van der Waals surface area contributed by atoms with Crippen LogP contribution in [-0.4, -0.2) is 36.9 Å². The Balaban J connectivity index is 2.15. The van der Waals surface area contributed by atoms with Gasteiger partial charge in [-0.1, -0.05) is 37.0 Å². The molecule has 2 fully saturated rings. The molecule has 2 aliphatic rings. The van der Waals surface area contributed by atoms with Gasteiger partial charge < -0.3 is 4.52 Å². The second-order valence-electron chi connectivity index (χ2n) is 4.16. The Labute approximate surface area is 100 Å². The highest BCUT2D eigenvalue weighted by atomic mass is 32.9. The number of hydrogen-bond acceptors (Lipinski definition) is 5. The van der Waals surface area contributed by atoms with Crippen LogP contribution in [0.25, 0.3) is 0 Å². The fraction of sp³-hybridized carbons (Fsp3) is 1.00.